The number of hydrogen-bond acceptors (Lipinski definition) is 2. The van der Waals surface area contributed by atoms with Gasteiger partial charge in [-0.3, -0.25) is 4.90 Å². The Balaban J connectivity index is 1.69. The monoisotopic (exact) mass is 180 g/mol. The van der Waals surface area contributed by atoms with Crippen LogP contribution in [0.15, 0.2) is 0 Å². The first-order chi connectivity index (χ1) is 6.39. The Morgan fingerprint density at radius 3 is 2.92 bits per heavy atom. The minimum atomic E-state index is 0.600. The molecule has 3 aliphatic rings. The SMILES string of the molecule is C1CN(CC2CC2)[C@@]2(C1)CCNC2. The topological polar surface area (TPSA) is 15.3 Å². The van der Waals surface area contributed by atoms with Crippen molar-refractivity contribution < 1.29 is 0 Å². The normalized spacial score (nSPS) is 40.6. The maximum atomic E-state index is 3.54. The van der Waals surface area contributed by atoms with E-state index >= 15 is 0 Å². The molecule has 2 heterocycles. The van der Waals surface area contributed by atoms with E-state index in [0.717, 1.165) is 5.92 Å². The molecule has 1 saturated carbocycles. The third-order valence-corrected chi connectivity index (χ3v) is 4.14. The fraction of sp³-hybridized carbons (Fsp3) is 1.00. The van der Waals surface area contributed by atoms with Crippen molar-refractivity contribution in [2.45, 2.75) is 37.6 Å². The van der Waals surface area contributed by atoms with Gasteiger partial charge in [0.1, 0.15) is 0 Å². The lowest BCUT2D eigenvalue weighted by atomic mass is 9.95. The summed E-state index contributed by atoms with van der Waals surface area (Å²) in [6, 6.07) is 0. The van der Waals surface area contributed by atoms with Gasteiger partial charge in [0, 0.05) is 18.6 Å². The second kappa shape index (κ2) is 2.96. The molecule has 1 N–H and O–H groups in total. The molecule has 0 bridgehead atoms. The van der Waals surface area contributed by atoms with Crippen LogP contribution in [0.4, 0.5) is 0 Å². The minimum Gasteiger partial charge on any atom is -0.315 e. The van der Waals surface area contributed by atoms with Gasteiger partial charge in [-0.15, -0.1) is 0 Å². The van der Waals surface area contributed by atoms with Crippen molar-refractivity contribution in [3.63, 3.8) is 0 Å². The fourth-order valence-corrected chi connectivity index (χ4v) is 3.11. The molecule has 1 aliphatic carbocycles. The van der Waals surface area contributed by atoms with Gasteiger partial charge < -0.3 is 5.32 Å². The predicted octanol–water partition coefficient (Wildman–Crippen LogP) is 1.22. The highest BCUT2D eigenvalue weighted by molar-refractivity contribution is 5.02. The first kappa shape index (κ1) is 8.25. The molecule has 2 nitrogen and oxygen atoms in total. The summed E-state index contributed by atoms with van der Waals surface area (Å²) in [6.07, 6.45) is 7.29. The van der Waals surface area contributed by atoms with Gasteiger partial charge in [-0.1, -0.05) is 0 Å². The van der Waals surface area contributed by atoms with Gasteiger partial charge in [-0.05, 0) is 51.1 Å². The molecular weight excluding hydrogens is 160 g/mol. The third-order valence-electron chi connectivity index (χ3n) is 4.14. The number of likely N-dealkylation sites (tertiary alicyclic amines) is 1. The molecule has 1 spiro atoms. The van der Waals surface area contributed by atoms with Crippen LogP contribution >= 0.6 is 0 Å². The molecule has 0 aromatic rings. The van der Waals surface area contributed by atoms with Crippen LogP contribution in [0.1, 0.15) is 32.1 Å². The van der Waals surface area contributed by atoms with E-state index in [-0.39, 0.29) is 0 Å². The molecule has 2 saturated heterocycles. The first-order valence-corrected chi connectivity index (χ1v) is 5.85. The molecule has 0 aromatic heterocycles. The van der Waals surface area contributed by atoms with Gasteiger partial charge in [0.05, 0.1) is 0 Å². The lowest BCUT2D eigenvalue weighted by Gasteiger charge is -2.34. The Labute approximate surface area is 80.7 Å². The number of hydrogen-bond donors (Lipinski definition) is 1. The zero-order chi connectivity index (χ0) is 8.73. The second-order valence-electron chi connectivity index (χ2n) is 5.14. The molecule has 0 radical (unpaired) electrons. The molecule has 0 amide bonds. The van der Waals surface area contributed by atoms with E-state index in [1.54, 1.807) is 0 Å². The summed E-state index contributed by atoms with van der Waals surface area (Å²) in [7, 11) is 0. The second-order valence-corrected chi connectivity index (χ2v) is 5.14. The van der Waals surface area contributed by atoms with Gasteiger partial charge in [-0.2, -0.15) is 0 Å². The van der Waals surface area contributed by atoms with E-state index in [2.05, 4.69) is 10.2 Å². The Morgan fingerprint density at radius 1 is 1.31 bits per heavy atom. The number of nitrogens with one attached hydrogen (secondary N) is 1. The standard InChI is InChI=1S/C11H20N2/c1-4-11(5-6-12-9-11)13(7-1)8-10-2-3-10/h10,12H,1-9H2/t11-/m0/s1. The van der Waals surface area contributed by atoms with Gasteiger partial charge in [0.25, 0.3) is 0 Å². The van der Waals surface area contributed by atoms with E-state index < -0.39 is 0 Å². The molecule has 2 aliphatic heterocycles. The first-order valence-electron chi connectivity index (χ1n) is 5.85. The van der Waals surface area contributed by atoms with Gasteiger partial charge in [-0.25, -0.2) is 0 Å². The summed E-state index contributed by atoms with van der Waals surface area (Å²) in [6.45, 7) is 5.29. The van der Waals surface area contributed by atoms with Crippen LogP contribution < -0.4 is 5.32 Å². The molecule has 2 heteroatoms. The largest absolute Gasteiger partial charge is 0.315 e. The van der Waals surface area contributed by atoms with Gasteiger partial charge >= 0.3 is 0 Å². The lowest BCUT2D eigenvalue weighted by molar-refractivity contribution is 0.150. The number of nitrogens with zero attached hydrogens (tertiary/aromatic N) is 1. The van der Waals surface area contributed by atoms with Crippen LogP contribution in [0, 0.1) is 5.92 Å². The van der Waals surface area contributed by atoms with Gasteiger partial charge in [0.2, 0.25) is 0 Å². The number of rotatable bonds is 2. The van der Waals surface area contributed by atoms with Crippen molar-refractivity contribution in [3.05, 3.63) is 0 Å². The highest BCUT2D eigenvalue weighted by atomic mass is 15.3. The molecule has 1 atom stereocenters. The summed E-state index contributed by atoms with van der Waals surface area (Å²) < 4.78 is 0. The highest BCUT2D eigenvalue weighted by Crippen LogP contribution is 2.39. The maximum absolute atomic E-state index is 3.54. The fourth-order valence-electron chi connectivity index (χ4n) is 3.11. The Morgan fingerprint density at radius 2 is 2.23 bits per heavy atom. The highest BCUT2D eigenvalue weighted by Gasteiger charge is 2.44. The van der Waals surface area contributed by atoms with Crippen LogP contribution in [0.25, 0.3) is 0 Å². The Kier molecular flexibility index (Phi) is 1.88. The zero-order valence-electron chi connectivity index (χ0n) is 8.39. The molecule has 3 rings (SSSR count). The van der Waals surface area contributed by atoms with Crippen molar-refractivity contribution in [1.29, 1.82) is 0 Å². The average Bonchev–Trinajstić information content (AvgIpc) is 2.71. The van der Waals surface area contributed by atoms with Crippen molar-refractivity contribution in [1.82, 2.24) is 10.2 Å². The van der Waals surface area contributed by atoms with E-state index in [1.165, 1.54) is 58.3 Å². The molecular formula is C11H20N2. The minimum absolute atomic E-state index is 0.600. The van der Waals surface area contributed by atoms with Crippen LogP contribution in [-0.2, 0) is 0 Å². The quantitative estimate of drug-likeness (QED) is 0.687. The van der Waals surface area contributed by atoms with E-state index in [1.807, 2.05) is 0 Å². The summed E-state index contributed by atoms with van der Waals surface area (Å²) in [5.41, 5.74) is 0.600. The molecule has 74 valence electrons. The third kappa shape index (κ3) is 1.40. The summed E-state index contributed by atoms with van der Waals surface area (Å²) in [4.78, 5) is 2.80. The van der Waals surface area contributed by atoms with Crippen LogP contribution in [-0.4, -0.2) is 36.6 Å². The summed E-state index contributed by atoms with van der Waals surface area (Å²) in [5, 5.41) is 3.54. The van der Waals surface area contributed by atoms with Crippen molar-refractivity contribution in [3.8, 4) is 0 Å². The van der Waals surface area contributed by atoms with Crippen molar-refractivity contribution in [2.24, 2.45) is 5.92 Å². The molecule has 3 fully saturated rings. The molecule has 0 unspecified atom stereocenters. The van der Waals surface area contributed by atoms with Crippen molar-refractivity contribution >= 4 is 0 Å². The Hall–Kier alpha value is -0.0800. The predicted molar refractivity (Wildman–Crippen MR) is 53.7 cm³/mol. The zero-order valence-corrected chi connectivity index (χ0v) is 8.39. The smallest absolute Gasteiger partial charge is 0.0346 e. The molecule has 0 aromatic carbocycles. The van der Waals surface area contributed by atoms with Crippen LogP contribution in [0.3, 0.4) is 0 Å². The van der Waals surface area contributed by atoms with Crippen LogP contribution in [0.2, 0.25) is 0 Å². The van der Waals surface area contributed by atoms with E-state index in [4.69, 9.17) is 0 Å². The maximum Gasteiger partial charge on any atom is 0.0346 e. The van der Waals surface area contributed by atoms with E-state index in [0.29, 0.717) is 5.54 Å². The average molecular weight is 180 g/mol. The molecule has 13 heavy (non-hydrogen) atoms. The van der Waals surface area contributed by atoms with E-state index in [9.17, 15) is 0 Å². The van der Waals surface area contributed by atoms with Gasteiger partial charge in [0.15, 0.2) is 0 Å². The summed E-state index contributed by atoms with van der Waals surface area (Å²) in [5.74, 6) is 1.07. The van der Waals surface area contributed by atoms with Crippen LogP contribution in [0.5, 0.6) is 0 Å². The lowest BCUT2D eigenvalue weighted by Crippen LogP contribution is -2.46. The van der Waals surface area contributed by atoms with Crippen molar-refractivity contribution in [2.75, 3.05) is 26.2 Å². The summed E-state index contributed by atoms with van der Waals surface area (Å²) >= 11 is 0. The Bertz CT molecular complexity index is 187.